The SMILES string of the molecule is CC(C)Cn1c2c[c-]c(-c3ccccn3)cc2c2ccccc21.CC(C)Cn1c2ccccc2c2c[c-]c(-c3ccccn3)cc21.CC(C)Cn1c2ccccc2c2cc[c-]c(-c3ccccn3)c21.[CH2-]c1ccccc1-c1cc(CC)c(-c2ccccc2)cn1.[CH2-]c1ccccc1-c1cc(CC)c(-c2ccccc2)cn1.[CH2-]c1ccccc1-c1cc(CC)c(-c2ccccc2)cn1.[Ir].[Ir].[Ir]. The molecular weight excluding hydrogens is 2180 g/mol. The number of aryl methyl sites for hydroxylation is 3. The van der Waals surface area contributed by atoms with Crippen molar-refractivity contribution in [3.05, 3.63) is 455 Å². The molecule has 9 heterocycles. The Balaban J connectivity index is 0.000000137. The molecule has 12 aromatic carbocycles. The third-order valence-electron chi connectivity index (χ3n) is 23.8. The van der Waals surface area contributed by atoms with E-state index in [1.54, 1.807) is 0 Å². The van der Waals surface area contributed by atoms with Crippen LogP contribution in [0.15, 0.2) is 383 Å². The minimum absolute atomic E-state index is 0. The van der Waals surface area contributed by atoms with E-state index in [4.69, 9.17) is 0 Å². The van der Waals surface area contributed by atoms with Crippen molar-refractivity contribution in [2.45, 2.75) is 101 Å². The van der Waals surface area contributed by atoms with E-state index in [1.165, 1.54) is 115 Å². The number of aromatic nitrogens is 9. The van der Waals surface area contributed by atoms with Gasteiger partial charge in [0.05, 0.1) is 0 Å². The maximum absolute atomic E-state index is 4.65. The Labute approximate surface area is 837 Å². The van der Waals surface area contributed by atoms with Gasteiger partial charge < -0.3 is 28.7 Å². The van der Waals surface area contributed by atoms with Gasteiger partial charge in [-0.2, -0.15) is 55.7 Å². The fraction of sp³-hybridized carbons (Fsp3) is 0.146. The molecule has 0 aliphatic rings. The minimum Gasteiger partial charge on any atom is -0.380 e. The van der Waals surface area contributed by atoms with Crippen LogP contribution in [-0.4, -0.2) is 43.6 Å². The molecule has 0 aliphatic heterocycles. The van der Waals surface area contributed by atoms with Crippen molar-refractivity contribution < 1.29 is 60.3 Å². The summed E-state index contributed by atoms with van der Waals surface area (Å²) in [5, 5.41) is 7.72. The average molecular weight is 2290 g/mol. The third kappa shape index (κ3) is 23.3. The van der Waals surface area contributed by atoms with Gasteiger partial charge in [-0.3, -0.25) is 15.0 Å². The van der Waals surface area contributed by atoms with E-state index < -0.39 is 0 Å². The summed E-state index contributed by atoms with van der Waals surface area (Å²) < 4.78 is 7.26. The maximum Gasteiger partial charge on any atom is 0.0391 e. The summed E-state index contributed by atoms with van der Waals surface area (Å²) >= 11 is 0. The van der Waals surface area contributed by atoms with Crippen LogP contribution >= 0.6 is 0 Å². The second-order valence-electron chi connectivity index (χ2n) is 34.4. The molecular formula is C123H111Ir3N9-6. The molecule has 0 fully saturated rings. The van der Waals surface area contributed by atoms with Gasteiger partial charge >= 0.3 is 0 Å². The summed E-state index contributed by atoms with van der Waals surface area (Å²) in [7, 11) is 0. The second-order valence-corrected chi connectivity index (χ2v) is 34.4. The Kier molecular flexibility index (Phi) is 34.8. The quantitative estimate of drug-likeness (QED) is 0.0795. The van der Waals surface area contributed by atoms with Crippen molar-refractivity contribution in [1.29, 1.82) is 0 Å². The van der Waals surface area contributed by atoms with E-state index >= 15 is 0 Å². The molecule has 135 heavy (non-hydrogen) atoms. The van der Waals surface area contributed by atoms with E-state index in [9.17, 15) is 0 Å². The van der Waals surface area contributed by atoms with Gasteiger partial charge in [0.15, 0.2) is 0 Å². The van der Waals surface area contributed by atoms with Gasteiger partial charge in [-0.25, -0.2) is 0 Å². The molecule has 12 heteroatoms. The number of hydrogen-bond acceptors (Lipinski definition) is 6. The van der Waals surface area contributed by atoms with E-state index in [2.05, 4.69) is 363 Å². The second kappa shape index (κ2) is 47.4. The van der Waals surface area contributed by atoms with Crippen molar-refractivity contribution in [2.24, 2.45) is 17.8 Å². The summed E-state index contributed by atoms with van der Waals surface area (Å²) in [6, 6.07) is 129. The van der Waals surface area contributed by atoms with Gasteiger partial charge in [0.1, 0.15) is 0 Å². The van der Waals surface area contributed by atoms with Gasteiger partial charge in [0.2, 0.25) is 0 Å². The first-order chi connectivity index (χ1) is 64.6. The number of benzene rings is 12. The first-order valence-corrected chi connectivity index (χ1v) is 46.0. The fourth-order valence-corrected chi connectivity index (χ4v) is 17.5. The van der Waals surface area contributed by atoms with Crippen LogP contribution in [0, 0.1) is 56.7 Å². The van der Waals surface area contributed by atoms with Gasteiger partial charge in [-0.05, 0) is 175 Å². The van der Waals surface area contributed by atoms with Crippen molar-refractivity contribution in [2.75, 3.05) is 0 Å². The molecule has 9 aromatic heterocycles. The van der Waals surface area contributed by atoms with Crippen LogP contribution in [0.4, 0.5) is 0 Å². The monoisotopic (exact) mass is 2290 g/mol. The predicted molar refractivity (Wildman–Crippen MR) is 556 cm³/mol. The van der Waals surface area contributed by atoms with Crippen LogP contribution in [0.25, 0.3) is 166 Å². The number of pyridine rings is 6. The third-order valence-corrected chi connectivity index (χ3v) is 23.8. The molecule has 0 unspecified atom stereocenters. The van der Waals surface area contributed by atoms with Crippen LogP contribution in [0.5, 0.6) is 0 Å². The molecule has 0 amide bonds. The zero-order chi connectivity index (χ0) is 91.4. The van der Waals surface area contributed by atoms with Gasteiger partial charge in [0, 0.05) is 167 Å². The largest absolute Gasteiger partial charge is 0.380 e. The predicted octanol–water partition coefficient (Wildman–Crippen LogP) is 31.4. The molecule has 21 aromatic rings. The molecule has 0 aliphatic carbocycles. The number of fused-ring (bicyclic) bond motifs is 9. The van der Waals surface area contributed by atoms with Crippen LogP contribution in [-0.2, 0) is 99.2 Å². The summed E-state index contributed by atoms with van der Waals surface area (Å²) in [6.07, 6.45) is 14.4. The van der Waals surface area contributed by atoms with Crippen molar-refractivity contribution in [3.8, 4) is 101 Å². The first kappa shape index (κ1) is 99.0. The van der Waals surface area contributed by atoms with E-state index in [0.29, 0.717) is 17.8 Å². The smallest absolute Gasteiger partial charge is 0.0391 e. The van der Waals surface area contributed by atoms with Crippen molar-refractivity contribution in [3.63, 3.8) is 0 Å². The van der Waals surface area contributed by atoms with E-state index in [0.717, 1.165) is 123 Å². The minimum atomic E-state index is 0. The molecule has 681 valence electrons. The summed E-state index contributed by atoms with van der Waals surface area (Å²) in [5.41, 5.74) is 34.3. The molecule has 21 rings (SSSR count). The zero-order valence-corrected chi connectivity index (χ0v) is 85.2. The number of nitrogens with zero attached hydrogens (tertiary/aromatic N) is 9. The van der Waals surface area contributed by atoms with Crippen LogP contribution in [0.1, 0.15) is 95.7 Å². The van der Waals surface area contributed by atoms with Gasteiger partial charge in [-0.15, -0.1) is 124 Å². The summed E-state index contributed by atoms with van der Waals surface area (Å²) in [4.78, 5) is 27.4. The molecule has 9 nitrogen and oxygen atoms in total. The fourth-order valence-electron chi connectivity index (χ4n) is 17.5. The van der Waals surface area contributed by atoms with Crippen molar-refractivity contribution in [1.82, 2.24) is 43.6 Å². The van der Waals surface area contributed by atoms with Crippen LogP contribution < -0.4 is 0 Å². The number of para-hydroxylation sites is 3. The number of hydrogen-bond donors (Lipinski definition) is 0. The Morgan fingerprint density at radius 1 is 0.267 bits per heavy atom. The Morgan fingerprint density at radius 2 is 0.600 bits per heavy atom. The average Bonchev–Trinajstić information content (AvgIpc) is 1.55. The number of rotatable bonds is 18. The first-order valence-electron chi connectivity index (χ1n) is 46.0. The molecule has 0 saturated carbocycles. The molecule has 0 atom stereocenters. The van der Waals surface area contributed by atoms with E-state index in [1.807, 2.05) is 165 Å². The standard InChI is InChI=1S/3C21H19N2.3C20H18N.3Ir/c1-15(2)14-23-20-12-4-3-8-16(20)17-9-7-10-18(21(17)23)19-11-5-6-13-22-19;1-15(2)14-23-20-9-4-3-7-17(20)18-13-16(10-11-21(18)23)19-8-5-6-12-22-19;1-15(2)14-23-20-9-4-3-7-17(20)18-11-10-16(13-21(18)23)19-8-5-6-12-22-19;3*1-3-16-13-20(18-12-8-7-9-15(18)2)21-14-19(16)17-10-5-4-6-11-17;;;/h3*3-9,11-13,15H,14H2,1-2H3;3*4-14H,2-3H2,1H3;;;/q6*-1;;;. The molecule has 0 bridgehead atoms. The molecule has 0 spiro atoms. The van der Waals surface area contributed by atoms with Crippen LogP contribution in [0.2, 0.25) is 0 Å². The van der Waals surface area contributed by atoms with Crippen LogP contribution in [0.3, 0.4) is 0 Å². The summed E-state index contributed by atoms with van der Waals surface area (Å²) in [6.45, 7) is 35.4. The zero-order valence-electron chi connectivity index (χ0n) is 78.0. The Hall–Kier alpha value is -13.5. The Bertz CT molecular complexity index is 7110. The molecule has 0 N–H and O–H groups in total. The molecule has 3 radical (unpaired) electrons. The normalized spacial score (nSPS) is 10.8. The maximum atomic E-state index is 4.65. The van der Waals surface area contributed by atoms with E-state index in [-0.39, 0.29) is 60.3 Å². The molecule has 0 saturated heterocycles. The van der Waals surface area contributed by atoms with Crippen molar-refractivity contribution >= 4 is 65.4 Å². The van der Waals surface area contributed by atoms with Gasteiger partial charge in [0.25, 0.3) is 0 Å². The Morgan fingerprint density at radius 3 is 0.993 bits per heavy atom. The topological polar surface area (TPSA) is 92.1 Å². The summed E-state index contributed by atoms with van der Waals surface area (Å²) in [5.74, 6) is 1.77. The van der Waals surface area contributed by atoms with Gasteiger partial charge in [-0.1, -0.05) is 279 Å².